The van der Waals surface area contributed by atoms with Gasteiger partial charge in [-0.05, 0) is 31.9 Å². The average molecular weight is 311 g/mol. The standard InChI is InChI=1S/C10H13ClN2.C2HF3O2/c1-5-8-4-12-7(3)10(8)13-6(2)9(5)11;3-2(4,5)1(6)7/h7,12H,4H2,1-3H3;(H,6,7). The predicted molar refractivity (Wildman–Crippen MR) is 67.7 cm³/mol. The third-order valence-electron chi connectivity index (χ3n) is 2.93. The van der Waals surface area contributed by atoms with E-state index >= 15 is 0 Å². The van der Waals surface area contributed by atoms with Crippen molar-refractivity contribution < 1.29 is 23.1 Å². The Morgan fingerprint density at radius 1 is 1.45 bits per heavy atom. The zero-order chi connectivity index (χ0) is 15.7. The summed E-state index contributed by atoms with van der Waals surface area (Å²) in [6, 6.07) is 0.365. The number of hydrogen-bond acceptors (Lipinski definition) is 3. The minimum absolute atomic E-state index is 0.365. The van der Waals surface area contributed by atoms with Gasteiger partial charge in [0.25, 0.3) is 0 Å². The van der Waals surface area contributed by atoms with Gasteiger partial charge in [-0.25, -0.2) is 4.79 Å². The molecule has 0 fully saturated rings. The Morgan fingerprint density at radius 3 is 2.40 bits per heavy atom. The smallest absolute Gasteiger partial charge is 0.475 e. The molecule has 4 nitrogen and oxygen atoms in total. The Hall–Kier alpha value is -1.34. The predicted octanol–water partition coefficient (Wildman–Crippen LogP) is 3.15. The summed E-state index contributed by atoms with van der Waals surface area (Å²) in [6.07, 6.45) is -5.08. The topological polar surface area (TPSA) is 62.2 Å². The second kappa shape index (κ2) is 5.97. The quantitative estimate of drug-likeness (QED) is 0.773. The number of nitrogens with one attached hydrogen (secondary N) is 1. The molecule has 0 saturated carbocycles. The Balaban J connectivity index is 0.000000246. The van der Waals surface area contributed by atoms with Crippen LogP contribution in [0.3, 0.4) is 0 Å². The molecule has 0 aromatic carbocycles. The number of carbonyl (C=O) groups is 1. The van der Waals surface area contributed by atoms with E-state index in [1.54, 1.807) is 0 Å². The number of hydrogen-bond donors (Lipinski definition) is 2. The fourth-order valence-corrected chi connectivity index (χ4v) is 1.98. The summed E-state index contributed by atoms with van der Waals surface area (Å²) >= 11 is 6.12. The second-order valence-electron chi connectivity index (χ2n) is 4.41. The molecule has 0 saturated heterocycles. The number of carboxylic acids is 1. The Labute approximate surface area is 119 Å². The highest BCUT2D eigenvalue weighted by atomic mass is 35.5. The summed E-state index contributed by atoms with van der Waals surface area (Å²) in [5.41, 5.74) is 4.57. The van der Waals surface area contributed by atoms with Crippen molar-refractivity contribution in [2.24, 2.45) is 0 Å². The van der Waals surface area contributed by atoms with E-state index in [1.165, 1.54) is 16.8 Å². The Morgan fingerprint density at radius 2 is 1.95 bits per heavy atom. The van der Waals surface area contributed by atoms with Crippen LogP contribution in [-0.4, -0.2) is 22.2 Å². The van der Waals surface area contributed by atoms with Gasteiger partial charge in [-0.3, -0.25) is 4.98 Å². The van der Waals surface area contributed by atoms with Crippen LogP contribution in [0.4, 0.5) is 13.2 Å². The van der Waals surface area contributed by atoms with Crippen molar-refractivity contribution in [1.82, 2.24) is 10.3 Å². The van der Waals surface area contributed by atoms with Crippen molar-refractivity contribution in [3.63, 3.8) is 0 Å². The third kappa shape index (κ3) is 3.61. The molecule has 0 amide bonds. The number of fused-ring (bicyclic) bond motifs is 1. The number of rotatable bonds is 0. The van der Waals surface area contributed by atoms with Crippen molar-refractivity contribution in [2.45, 2.75) is 39.5 Å². The fraction of sp³-hybridized carbons (Fsp3) is 0.500. The van der Waals surface area contributed by atoms with Gasteiger partial charge >= 0.3 is 12.1 Å². The lowest BCUT2D eigenvalue weighted by Crippen LogP contribution is -2.21. The van der Waals surface area contributed by atoms with E-state index in [-0.39, 0.29) is 0 Å². The lowest BCUT2D eigenvalue weighted by Gasteiger charge is -2.09. The molecule has 112 valence electrons. The molecule has 1 aromatic heterocycles. The lowest BCUT2D eigenvalue weighted by atomic mass is 10.1. The summed E-state index contributed by atoms with van der Waals surface area (Å²) in [4.78, 5) is 13.4. The van der Waals surface area contributed by atoms with Gasteiger partial charge in [-0.2, -0.15) is 13.2 Å². The Kier molecular flexibility index (Phi) is 4.99. The highest BCUT2D eigenvalue weighted by Crippen LogP contribution is 2.31. The first kappa shape index (κ1) is 16.7. The second-order valence-corrected chi connectivity index (χ2v) is 4.78. The van der Waals surface area contributed by atoms with Gasteiger partial charge in [0, 0.05) is 12.6 Å². The van der Waals surface area contributed by atoms with Gasteiger partial charge in [0.1, 0.15) is 0 Å². The molecule has 2 N–H and O–H groups in total. The van der Waals surface area contributed by atoms with Crippen LogP contribution in [0.5, 0.6) is 0 Å². The maximum absolute atomic E-state index is 10.6. The van der Waals surface area contributed by atoms with Gasteiger partial charge in [-0.15, -0.1) is 0 Å². The zero-order valence-electron chi connectivity index (χ0n) is 11.1. The Bertz CT molecular complexity index is 532. The van der Waals surface area contributed by atoms with Gasteiger partial charge < -0.3 is 10.4 Å². The molecule has 1 aliphatic rings. The molecule has 2 rings (SSSR count). The maximum Gasteiger partial charge on any atom is 0.490 e. The van der Waals surface area contributed by atoms with Gasteiger partial charge in [-0.1, -0.05) is 11.6 Å². The van der Waals surface area contributed by atoms with Gasteiger partial charge in [0.05, 0.1) is 16.4 Å². The number of aromatic nitrogens is 1. The molecule has 0 spiro atoms. The van der Waals surface area contributed by atoms with Crippen LogP contribution in [-0.2, 0) is 11.3 Å². The van der Waals surface area contributed by atoms with Crippen molar-refractivity contribution in [3.05, 3.63) is 27.5 Å². The van der Waals surface area contributed by atoms with Crippen LogP contribution in [0.25, 0.3) is 0 Å². The van der Waals surface area contributed by atoms with E-state index in [2.05, 4.69) is 24.1 Å². The summed E-state index contributed by atoms with van der Waals surface area (Å²) in [5.74, 6) is -2.76. The molecule has 1 aromatic rings. The van der Waals surface area contributed by atoms with Crippen LogP contribution in [0.1, 0.15) is 35.5 Å². The van der Waals surface area contributed by atoms with E-state index in [4.69, 9.17) is 21.5 Å². The summed E-state index contributed by atoms with van der Waals surface area (Å²) in [6.45, 7) is 7.05. The van der Waals surface area contributed by atoms with Crippen LogP contribution in [0, 0.1) is 13.8 Å². The van der Waals surface area contributed by atoms with Crippen molar-refractivity contribution >= 4 is 17.6 Å². The molecule has 1 atom stereocenters. The SMILES string of the molecule is Cc1nc2c(c(C)c1Cl)CNC2C.O=C(O)C(F)(F)F. The number of halogens is 4. The lowest BCUT2D eigenvalue weighted by molar-refractivity contribution is -0.192. The molecule has 8 heteroatoms. The molecule has 20 heavy (non-hydrogen) atoms. The van der Waals surface area contributed by atoms with E-state index in [0.717, 1.165) is 17.3 Å². The number of aliphatic carboxylic acids is 1. The van der Waals surface area contributed by atoms with Crippen LogP contribution in [0.15, 0.2) is 0 Å². The van der Waals surface area contributed by atoms with Crippen LogP contribution < -0.4 is 5.32 Å². The summed E-state index contributed by atoms with van der Waals surface area (Å²) in [7, 11) is 0. The number of nitrogens with zero attached hydrogens (tertiary/aromatic N) is 1. The summed E-state index contributed by atoms with van der Waals surface area (Å²) in [5, 5.41) is 11.3. The number of alkyl halides is 3. The van der Waals surface area contributed by atoms with Crippen LogP contribution in [0.2, 0.25) is 5.02 Å². The third-order valence-corrected chi connectivity index (χ3v) is 3.49. The molecule has 1 aliphatic heterocycles. The van der Waals surface area contributed by atoms with Crippen molar-refractivity contribution in [3.8, 4) is 0 Å². The monoisotopic (exact) mass is 310 g/mol. The first-order valence-corrected chi connectivity index (χ1v) is 6.12. The van der Waals surface area contributed by atoms with E-state index in [1.807, 2.05) is 6.92 Å². The van der Waals surface area contributed by atoms with Gasteiger partial charge in [0.2, 0.25) is 0 Å². The van der Waals surface area contributed by atoms with Gasteiger partial charge in [0.15, 0.2) is 0 Å². The van der Waals surface area contributed by atoms with Crippen molar-refractivity contribution in [2.75, 3.05) is 0 Å². The van der Waals surface area contributed by atoms with Crippen LogP contribution >= 0.6 is 11.6 Å². The molecular formula is C12H14ClF3N2O2. The van der Waals surface area contributed by atoms with E-state index in [0.29, 0.717) is 6.04 Å². The molecule has 0 radical (unpaired) electrons. The first-order valence-electron chi connectivity index (χ1n) is 5.74. The van der Waals surface area contributed by atoms with Crippen molar-refractivity contribution in [1.29, 1.82) is 0 Å². The van der Waals surface area contributed by atoms with E-state index in [9.17, 15) is 13.2 Å². The highest BCUT2D eigenvalue weighted by Gasteiger charge is 2.38. The minimum atomic E-state index is -5.08. The largest absolute Gasteiger partial charge is 0.490 e. The zero-order valence-corrected chi connectivity index (χ0v) is 11.9. The number of carboxylic acid groups (broad SMARTS) is 1. The minimum Gasteiger partial charge on any atom is -0.475 e. The fourth-order valence-electron chi connectivity index (χ4n) is 1.83. The molecule has 2 heterocycles. The molecular weight excluding hydrogens is 297 g/mol. The summed E-state index contributed by atoms with van der Waals surface area (Å²) < 4.78 is 31.7. The molecule has 1 unspecified atom stereocenters. The molecule has 0 bridgehead atoms. The van der Waals surface area contributed by atoms with E-state index < -0.39 is 12.1 Å². The molecule has 0 aliphatic carbocycles. The number of pyridine rings is 1. The highest BCUT2D eigenvalue weighted by molar-refractivity contribution is 6.32. The first-order chi connectivity index (χ1) is 9.05. The normalized spacial score (nSPS) is 17.2. The maximum atomic E-state index is 10.6. The number of aryl methyl sites for hydroxylation is 1. The average Bonchev–Trinajstić information content (AvgIpc) is 2.68.